The molecule has 1 aromatic carbocycles. The van der Waals surface area contributed by atoms with Crippen molar-refractivity contribution in [3.63, 3.8) is 0 Å². The minimum atomic E-state index is -0.0127. The van der Waals surface area contributed by atoms with E-state index in [9.17, 15) is 4.79 Å². The van der Waals surface area contributed by atoms with Crippen molar-refractivity contribution in [1.29, 1.82) is 0 Å². The highest BCUT2D eigenvalue weighted by Crippen LogP contribution is 2.18. The number of carbonyl (C=O) groups is 1. The average Bonchev–Trinajstić information content (AvgIpc) is 2.90. The minimum absolute atomic E-state index is 0.0127. The van der Waals surface area contributed by atoms with E-state index < -0.39 is 0 Å². The van der Waals surface area contributed by atoms with Gasteiger partial charge >= 0.3 is 0 Å². The van der Waals surface area contributed by atoms with Crippen LogP contribution in [0.5, 0.6) is 0 Å². The lowest BCUT2D eigenvalue weighted by molar-refractivity contribution is 0.104. The summed E-state index contributed by atoms with van der Waals surface area (Å²) in [5.41, 5.74) is 2.58. The van der Waals surface area contributed by atoms with Crippen LogP contribution in [0.4, 0.5) is 0 Å². The predicted octanol–water partition coefficient (Wildman–Crippen LogP) is 3.46. The quantitative estimate of drug-likeness (QED) is 0.570. The number of carbonyl (C=O) groups excluding carboxylic acids is 1. The van der Waals surface area contributed by atoms with Gasteiger partial charge in [0.25, 0.3) is 0 Å². The van der Waals surface area contributed by atoms with Gasteiger partial charge in [-0.05, 0) is 29.8 Å². The van der Waals surface area contributed by atoms with Gasteiger partial charge < -0.3 is 4.98 Å². The van der Waals surface area contributed by atoms with Crippen LogP contribution in [-0.2, 0) is 0 Å². The number of ketones is 1. The summed E-state index contributed by atoms with van der Waals surface area (Å²) >= 11 is 0. The fourth-order valence-electron chi connectivity index (χ4n) is 2.01. The van der Waals surface area contributed by atoms with Gasteiger partial charge in [0.1, 0.15) is 0 Å². The minimum Gasteiger partial charge on any atom is -0.360 e. The van der Waals surface area contributed by atoms with E-state index in [0.717, 1.165) is 16.5 Å². The van der Waals surface area contributed by atoms with Crippen LogP contribution in [0, 0.1) is 0 Å². The van der Waals surface area contributed by atoms with E-state index in [1.807, 2.05) is 36.4 Å². The Kier molecular flexibility index (Phi) is 2.94. The van der Waals surface area contributed by atoms with Crippen molar-refractivity contribution in [2.24, 2.45) is 0 Å². The number of hydrogen-bond acceptors (Lipinski definition) is 2. The standard InChI is InChI=1S/C16H12N2O/c19-16(8-7-12-4-3-9-17-10-12)14-11-18-15-6-2-1-5-13(14)15/h1-11,18H/b8-7+. The number of nitrogens with one attached hydrogen (secondary N) is 1. The highest BCUT2D eigenvalue weighted by molar-refractivity contribution is 6.14. The molecule has 3 aromatic rings. The molecular weight excluding hydrogens is 236 g/mol. The molecule has 0 spiro atoms. The van der Waals surface area contributed by atoms with Crippen LogP contribution in [-0.4, -0.2) is 15.8 Å². The van der Waals surface area contributed by atoms with Gasteiger partial charge in [-0.15, -0.1) is 0 Å². The van der Waals surface area contributed by atoms with Gasteiger partial charge in [-0.2, -0.15) is 0 Å². The molecule has 0 unspecified atom stereocenters. The zero-order valence-electron chi connectivity index (χ0n) is 10.2. The Morgan fingerprint density at radius 3 is 2.89 bits per heavy atom. The van der Waals surface area contributed by atoms with Gasteiger partial charge in [-0.3, -0.25) is 9.78 Å². The molecule has 0 aliphatic heterocycles. The number of H-pyrrole nitrogens is 1. The number of nitrogens with zero attached hydrogens (tertiary/aromatic N) is 1. The van der Waals surface area contributed by atoms with E-state index in [0.29, 0.717) is 5.56 Å². The summed E-state index contributed by atoms with van der Waals surface area (Å²) < 4.78 is 0. The van der Waals surface area contributed by atoms with Crippen molar-refractivity contribution in [3.05, 3.63) is 72.2 Å². The molecule has 3 heteroatoms. The van der Waals surface area contributed by atoms with E-state index in [1.165, 1.54) is 0 Å². The van der Waals surface area contributed by atoms with Crippen molar-refractivity contribution in [2.45, 2.75) is 0 Å². The lowest BCUT2D eigenvalue weighted by Gasteiger charge is -1.94. The fraction of sp³-hybridized carbons (Fsp3) is 0. The summed E-state index contributed by atoms with van der Waals surface area (Å²) in [6.07, 6.45) is 8.53. The number of allylic oxidation sites excluding steroid dienone is 1. The Balaban J connectivity index is 1.91. The summed E-state index contributed by atoms with van der Waals surface area (Å²) in [6, 6.07) is 11.5. The van der Waals surface area contributed by atoms with Gasteiger partial charge in [-0.1, -0.05) is 24.3 Å². The second-order valence-corrected chi connectivity index (χ2v) is 4.23. The zero-order valence-corrected chi connectivity index (χ0v) is 10.2. The lowest BCUT2D eigenvalue weighted by Crippen LogP contribution is -1.92. The first-order valence-electron chi connectivity index (χ1n) is 6.03. The van der Waals surface area contributed by atoms with Crippen LogP contribution in [0.15, 0.2) is 61.1 Å². The second kappa shape index (κ2) is 4.90. The molecule has 0 atom stereocenters. The monoisotopic (exact) mass is 248 g/mol. The van der Waals surface area contributed by atoms with Crippen molar-refractivity contribution in [2.75, 3.05) is 0 Å². The zero-order chi connectivity index (χ0) is 13.1. The third-order valence-electron chi connectivity index (χ3n) is 2.97. The average molecular weight is 248 g/mol. The van der Waals surface area contributed by atoms with E-state index >= 15 is 0 Å². The Hall–Kier alpha value is -2.68. The van der Waals surface area contributed by atoms with Gasteiger partial charge in [0.05, 0.1) is 0 Å². The van der Waals surface area contributed by atoms with Gasteiger partial charge in [0.2, 0.25) is 0 Å². The number of aromatic amines is 1. The van der Waals surface area contributed by atoms with Crippen LogP contribution < -0.4 is 0 Å². The summed E-state index contributed by atoms with van der Waals surface area (Å²) in [5, 5.41) is 0.948. The van der Waals surface area contributed by atoms with E-state index in [1.54, 1.807) is 30.7 Å². The van der Waals surface area contributed by atoms with Crippen molar-refractivity contribution in [3.8, 4) is 0 Å². The highest BCUT2D eigenvalue weighted by atomic mass is 16.1. The smallest absolute Gasteiger partial charge is 0.188 e. The summed E-state index contributed by atoms with van der Waals surface area (Å²) in [5.74, 6) is -0.0127. The van der Waals surface area contributed by atoms with E-state index in [4.69, 9.17) is 0 Å². The number of benzene rings is 1. The molecule has 2 aromatic heterocycles. The van der Waals surface area contributed by atoms with Crippen LogP contribution >= 0.6 is 0 Å². The number of aromatic nitrogens is 2. The van der Waals surface area contributed by atoms with Crippen LogP contribution in [0.1, 0.15) is 15.9 Å². The molecule has 19 heavy (non-hydrogen) atoms. The molecule has 92 valence electrons. The SMILES string of the molecule is O=C(/C=C/c1cccnc1)c1c[nH]c2ccccc12. The van der Waals surface area contributed by atoms with E-state index in [2.05, 4.69) is 9.97 Å². The number of rotatable bonds is 3. The molecule has 0 radical (unpaired) electrons. The molecule has 0 bridgehead atoms. The number of hydrogen-bond donors (Lipinski definition) is 1. The largest absolute Gasteiger partial charge is 0.360 e. The van der Waals surface area contributed by atoms with Gasteiger partial charge in [0.15, 0.2) is 5.78 Å². The third kappa shape index (κ3) is 2.31. The topological polar surface area (TPSA) is 45.8 Å². The molecule has 0 amide bonds. The first-order chi connectivity index (χ1) is 9.34. The molecule has 3 rings (SSSR count). The Morgan fingerprint density at radius 1 is 1.16 bits per heavy atom. The van der Waals surface area contributed by atoms with Crippen molar-refractivity contribution >= 4 is 22.8 Å². The van der Waals surface area contributed by atoms with Gasteiger partial charge in [-0.25, -0.2) is 0 Å². The lowest BCUT2D eigenvalue weighted by atomic mass is 10.1. The molecule has 0 saturated carbocycles. The molecule has 2 heterocycles. The summed E-state index contributed by atoms with van der Waals surface area (Å²) in [7, 11) is 0. The van der Waals surface area contributed by atoms with Crippen molar-refractivity contribution in [1.82, 2.24) is 9.97 Å². The number of fused-ring (bicyclic) bond motifs is 1. The normalized spacial score (nSPS) is 11.2. The number of para-hydroxylation sites is 1. The second-order valence-electron chi connectivity index (χ2n) is 4.23. The summed E-state index contributed by atoms with van der Waals surface area (Å²) in [4.78, 5) is 19.3. The first kappa shape index (κ1) is 11.4. The van der Waals surface area contributed by atoms with Crippen molar-refractivity contribution < 1.29 is 4.79 Å². The maximum Gasteiger partial charge on any atom is 0.188 e. The van der Waals surface area contributed by atoms with Gasteiger partial charge in [0, 0.05) is 35.1 Å². The highest BCUT2D eigenvalue weighted by Gasteiger charge is 2.08. The third-order valence-corrected chi connectivity index (χ3v) is 2.97. The van der Waals surface area contributed by atoms with E-state index in [-0.39, 0.29) is 5.78 Å². The van der Waals surface area contributed by atoms with Crippen LogP contribution in [0.25, 0.3) is 17.0 Å². The fourth-order valence-corrected chi connectivity index (χ4v) is 2.01. The summed E-state index contributed by atoms with van der Waals surface area (Å²) in [6.45, 7) is 0. The maximum atomic E-state index is 12.2. The molecule has 3 nitrogen and oxygen atoms in total. The van der Waals surface area contributed by atoms with Crippen LogP contribution in [0.3, 0.4) is 0 Å². The molecule has 0 fully saturated rings. The molecule has 0 aliphatic carbocycles. The molecule has 0 aliphatic rings. The molecule has 0 saturated heterocycles. The first-order valence-corrected chi connectivity index (χ1v) is 6.03. The number of pyridine rings is 1. The van der Waals surface area contributed by atoms with Crippen LogP contribution in [0.2, 0.25) is 0 Å². The Morgan fingerprint density at radius 2 is 2.05 bits per heavy atom. The Labute approximate surface area is 110 Å². The predicted molar refractivity (Wildman–Crippen MR) is 75.9 cm³/mol. The maximum absolute atomic E-state index is 12.2. The molecular formula is C16H12N2O. The molecule has 1 N–H and O–H groups in total. The Bertz CT molecular complexity index is 742.